The number of piperazine rings is 1. The second kappa shape index (κ2) is 10.1. The van der Waals surface area contributed by atoms with Crippen LogP contribution in [0.25, 0.3) is 0 Å². The van der Waals surface area contributed by atoms with Crippen LogP contribution in [0, 0.1) is 0 Å². The zero-order valence-electron chi connectivity index (χ0n) is 18.4. The van der Waals surface area contributed by atoms with Gasteiger partial charge >= 0.3 is 10.2 Å². The Morgan fingerprint density at radius 2 is 1.58 bits per heavy atom. The number of anilines is 2. The highest BCUT2D eigenvalue weighted by Gasteiger charge is 2.27. The van der Waals surface area contributed by atoms with Gasteiger partial charge in [-0.15, -0.1) is 0 Å². The fourth-order valence-electron chi connectivity index (χ4n) is 3.37. The first-order valence-corrected chi connectivity index (χ1v) is 11.7. The van der Waals surface area contributed by atoms with Gasteiger partial charge in [-0.2, -0.15) is 12.7 Å². The zero-order chi connectivity index (χ0) is 22.4. The fourth-order valence-corrected chi connectivity index (χ4v) is 4.44. The molecule has 0 radical (unpaired) electrons. The number of hydrogen-bond acceptors (Lipinski definition) is 5. The van der Waals surface area contributed by atoms with Gasteiger partial charge in [-0.3, -0.25) is 4.79 Å². The molecular weight excluding hydrogens is 414 g/mol. The van der Waals surface area contributed by atoms with Crippen LogP contribution in [0.3, 0.4) is 0 Å². The van der Waals surface area contributed by atoms with Gasteiger partial charge in [0.25, 0.3) is 0 Å². The highest BCUT2D eigenvalue weighted by molar-refractivity contribution is 7.90. The summed E-state index contributed by atoms with van der Waals surface area (Å²) in [5.41, 5.74) is 2.59. The lowest BCUT2D eigenvalue weighted by molar-refractivity contribution is -0.119. The van der Waals surface area contributed by atoms with Crippen molar-refractivity contribution in [3.63, 3.8) is 0 Å². The molecule has 0 bridgehead atoms. The molecule has 0 unspecified atom stereocenters. The summed E-state index contributed by atoms with van der Waals surface area (Å²) in [6, 6.07) is 16.8. The number of nitrogens with one attached hydrogen (secondary N) is 1. The number of hydrogen-bond donors (Lipinski definition) is 1. The molecule has 8 nitrogen and oxygen atoms in total. The molecular formula is C22H31N5O3S. The number of likely N-dealkylation sites (N-methyl/N-ethyl adjacent to an activating group) is 1. The summed E-state index contributed by atoms with van der Waals surface area (Å²) < 4.78 is 27.6. The molecule has 2 aromatic rings. The van der Waals surface area contributed by atoms with E-state index < -0.39 is 10.2 Å². The predicted octanol–water partition coefficient (Wildman–Crippen LogP) is 1.37. The van der Waals surface area contributed by atoms with Gasteiger partial charge in [-0.25, -0.2) is 4.31 Å². The summed E-state index contributed by atoms with van der Waals surface area (Å²) in [4.78, 5) is 17.2. The summed E-state index contributed by atoms with van der Waals surface area (Å²) in [6.45, 7) is 4.15. The van der Waals surface area contributed by atoms with E-state index in [1.807, 2.05) is 12.1 Å². The predicted molar refractivity (Wildman–Crippen MR) is 124 cm³/mol. The highest BCUT2D eigenvalue weighted by Crippen LogP contribution is 2.19. The van der Waals surface area contributed by atoms with E-state index in [2.05, 4.69) is 34.3 Å². The molecule has 0 atom stereocenters. The smallest absolute Gasteiger partial charge is 0.304 e. The van der Waals surface area contributed by atoms with Crippen LogP contribution in [-0.4, -0.2) is 77.4 Å². The lowest BCUT2D eigenvalue weighted by atomic mass is 10.1. The summed E-state index contributed by atoms with van der Waals surface area (Å²) in [5.74, 6) is -0.363. The summed E-state index contributed by atoms with van der Waals surface area (Å²) in [5, 5.41) is 2.83. The van der Waals surface area contributed by atoms with Crippen molar-refractivity contribution in [1.29, 1.82) is 0 Å². The second-order valence-corrected chi connectivity index (χ2v) is 9.93. The van der Waals surface area contributed by atoms with E-state index in [1.165, 1.54) is 19.8 Å². The van der Waals surface area contributed by atoms with Crippen molar-refractivity contribution >= 4 is 27.5 Å². The van der Waals surface area contributed by atoms with Gasteiger partial charge in [0.2, 0.25) is 5.91 Å². The molecule has 1 amide bonds. The molecule has 1 heterocycles. The Morgan fingerprint density at radius 3 is 2.16 bits per heavy atom. The molecule has 0 spiro atoms. The average molecular weight is 446 g/mol. The Bertz CT molecular complexity index is 956. The van der Waals surface area contributed by atoms with E-state index in [9.17, 15) is 13.2 Å². The first-order chi connectivity index (χ1) is 14.8. The molecule has 1 aliphatic heterocycles. The topological polar surface area (TPSA) is 76.2 Å². The first-order valence-electron chi connectivity index (χ1n) is 10.3. The Kier molecular flexibility index (Phi) is 7.53. The van der Waals surface area contributed by atoms with Gasteiger partial charge < -0.3 is 15.1 Å². The summed E-state index contributed by atoms with van der Waals surface area (Å²) >= 11 is 0. The number of amides is 1. The Morgan fingerprint density at radius 1 is 0.968 bits per heavy atom. The van der Waals surface area contributed by atoms with Crippen molar-refractivity contribution in [3.8, 4) is 0 Å². The van der Waals surface area contributed by atoms with E-state index >= 15 is 0 Å². The summed E-state index contributed by atoms with van der Waals surface area (Å²) in [7, 11) is 1.23. The largest absolute Gasteiger partial charge is 0.369 e. The van der Waals surface area contributed by atoms with Gasteiger partial charge in [0, 0.05) is 52.5 Å². The van der Waals surface area contributed by atoms with E-state index in [0.29, 0.717) is 12.2 Å². The monoisotopic (exact) mass is 445 g/mol. The average Bonchev–Trinajstić information content (AvgIpc) is 2.77. The molecule has 31 heavy (non-hydrogen) atoms. The molecule has 9 heteroatoms. The molecule has 1 fully saturated rings. The maximum atomic E-state index is 12.7. The minimum absolute atomic E-state index is 0.288. The molecule has 1 aliphatic rings. The lowest BCUT2D eigenvalue weighted by Gasteiger charge is -2.34. The van der Waals surface area contributed by atoms with Gasteiger partial charge in [-0.1, -0.05) is 30.3 Å². The third kappa shape index (κ3) is 5.96. The number of carbonyl (C=O) groups is 1. The molecule has 3 rings (SSSR count). The Hall–Kier alpha value is -2.62. The lowest BCUT2D eigenvalue weighted by Crippen LogP contribution is -2.45. The minimum atomic E-state index is -3.80. The highest BCUT2D eigenvalue weighted by atomic mass is 32.2. The fraction of sp³-hybridized carbons (Fsp3) is 0.409. The second-order valence-electron chi connectivity index (χ2n) is 7.87. The molecule has 2 aromatic carbocycles. The van der Waals surface area contributed by atoms with Crippen molar-refractivity contribution in [2.45, 2.75) is 6.54 Å². The summed E-state index contributed by atoms with van der Waals surface area (Å²) in [6.07, 6.45) is 0. The Labute approximate surface area is 185 Å². The molecule has 0 aliphatic carbocycles. The van der Waals surface area contributed by atoms with E-state index in [-0.39, 0.29) is 12.5 Å². The van der Waals surface area contributed by atoms with E-state index in [4.69, 9.17) is 0 Å². The van der Waals surface area contributed by atoms with Crippen LogP contribution in [-0.2, 0) is 21.5 Å². The van der Waals surface area contributed by atoms with E-state index in [1.54, 1.807) is 30.3 Å². The number of para-hydroxylation sites is 1. The number of nitrogens with zero attached hydrogens (tertiary/aromatic N) is 4. The molecule has 168 valence electrons. The standard InChI is InChI=1S/C22H31N5O3S/c1-24(2)31(29,30)27(21-7-5-4-6-8-21)18-22(28)23-17-19-9-11-20(12-10-19)26-15-13-25(3)14-16-26/h4-12H,13-18H2,1-3H3,(H,23,28). The van der Waals surface area contributed by atoms with Gasteiger partial charge in [-0.05, 0) is 36.9 Å². The van der Waals surface area contributed by atoms with Crippen molar-refractivity contribution in [2.24, 2.45) is 0 Å². The SMILES string of the molecule is CN1CCN(c2ccc(CNC(=O)CN(c3ccccc3)S(=O)(=O)N(C)C)cc2)CC1. The number of rotatable bonds is 8. The Balaban J connectivity index is 1.60. The van der Waals surface area contributed by atoms with Crippen LogP contribution in [0.1, 0.15) is 5.56 Å². The van der Waals surface area contributed by atoms with Crippen LogP contribution >= 0.6 is 0 Å². The first kappa shape index (κ1) is 23.1. The van der Waals surface area contributed by atoms with Crippen molar-refractivity contribution in [2.75, 3.05) is 63.1 Å². The van der Waals surface area contributed by atoms with Crippen LogP contribution in [0.2, 0.25) is 0 Å². The van der Waals surface area contributed by atoms with Crippen LogP contribution < -0.4 is 14.5 Å². The van der Waals surface area contributed by atoms with Crippen molar-refractivity contribution < 1.29 is 13.2 Å². The normalized spacial score (nSPS) is 15.2. The molecule has 1 N–H and O–H groups in total. The molecule has 1 saturated heterocycles. The van der Waals surface area contributed by atoms with Crippen LogP contribution in [0.15, 0.2) is 54.6 Å². The van der Waals surface area contributed by atoms with Crippen LogP contribution in [0.4, 0.5) is 11.4 Å². The number of carbonyl (C=O) groups excluding carboxylic acids is 1. The van der Waals surface area contributed by atoms with Crippen molar-refractivity contribution in [3.05, 3.63) is 60.2 Å². The quantitative estimate of drug-likeness (QED) is 0.664. The minimum Gasteiger partial charge on any atom is -0.369 e. The van der Waals surface area contributed by atoms with Crippen molar-refractivity contribution in [1.82, 2.24) is 14.5 Å². The van der Waals surface area contributed by atoms with Gasteiger partial charge in [0.1, 0.15) is 6.54 Å². The maximum absolute atomic E-state index is 12.7. The number of benzene rings is 2. The zero-order valence-corrected chi connectivity index (χ0v) is 19.2. The van der Waals surface area contributed by atoms with Gasteiger partial charge in [0.15, 0.2) is 0 Å². The maximum Gasteiger partial charge on any atom is 0.304 e. The van der Waals surface area contributed by atoms with Gasteiger partial charge in [0.05, 0.1) is 5.69 Å². The third-order valence-corrected chi connectivity index (χ3v) is 7.19. The van der Waals surface area contributed by atoms with Crippen LogP contribution in [0.5, 0.6) is 0 Å². The third-order valence-electron chi connectivity index (χ3n) is 5.37. The van der Waals surface area contributed by atoms with E-state index in [0.717, 1.165) is 40.4 Å². The molecule has 0 saturated carbocycles. The molecule has 0 aromatic heterocycles.